The van der Waals surface area contributed by atoms with Crippen LogP contribution in [0.15, 0.2) is 72.8 Å². The Morgan fingerprint density at radius 1 is 0.649 bits per heavy atom. The molecule has 0 aliphatic carbocycles. The molecule has 3 rings (SSSR count). The van der Waals surface area contributed by atoms with Crippen LogP contribution in [-0.4, -0.2) is 15.4 Å². The van der Waals surface area contributed by atoms with Gasteiger partial charge in [0.25, 0.3) is 0 Å². The SMILES string of the molecule is CCC(C)(C)OP(O)(O)(c1ccc(C(C)(C)CC)cc1)c1ccc(C(C)(C)CC)cc1-c1ccccc1. The third-order valence-electron chi connectivity index (χ3n) is 8.45. The third kappa shape index (κ3) is 5.86. The van der Waals surface area contributed by atoms with Crippen molar-refractivity contribution in [2.24, 2.45) is 0 Å². The summed E-state index contributed by atoms with van der Waals surface area (Å²) in [5.74, 6) is 0. The van der Waals surface area contributed by atoms with Gasteiger partial charge in [0.15, 0.2) is 0 Å². The van der Waals surface area contributed by atoms with E-state index in [1.54, 1.807) is 0 Å². The molecule has 3 nitrogen and oxygen atoms in total. The zero-order chi connectivity index (χ0) is 27.7. The van der Waals surface area contributed by atoms with Crippen LogP contribution in [0, 0.1) is 0 Å². The summed E-state index contributed by atoms with van der Waals surface area (Å²) < 4.78 is 6.54. The van der Waals surface area contributed by atoms with Crippen molar-refractivity contribution in [2.45, 2.75) is 98.0 Å². The van der Waals surface area contributed by atoms with E-state index in [2.05, 4.69) is 47.6 Å². The molecule has 0 amide bonds. The van der Waals surface area contributed by atoms with Crippen LogP contribution in [0.2, 0.25) is 0 Å². The Morgan fingerprint density at radius 3 is 1.68 bits per heavy atom. The molecular formula is C33H47O3P. The third-order valence-corrected chi connectivity index (χ3v) is 11.8. The Bertz CT molecular complexity index is 1210. The van der Waals surface area contributed by atoms with Gasteiger partial charge in [-0.15, -0.1) is 0 Å². The van der Waals surface area contributed by atoms with Crippen LogP contribution in [0.4, 0.5) is 0 Å². The van der Waals surface area contributed by atoms with Gasteiger partial charge >= 0.3 is 225 Å². The average Bonchev–Trinajstić information content (AvgIpc) is 2.88. The number of hydrogen-bond donors (Lipinski definition) is 2. The predicted octanol–water partition coefficient (Wildman–Crippen LogP) is 8.17. The molecule has 0 aromatic heterocycles. The second-order valence-corrected chi connectivity index (χ2v) is 15.3. The molecule has 0 unspecified atom stereocenters. The van der Waals surface area contributed by atoms with Crippen molar-refractivity contribution < 1.29 is 14.3 Å². The van der Waals surface area contributed by atoms with E-state index in [0.29, 0.717) is 17.0 Å². The van der Waals surface area contributed by atoms with Gasteiger partial charge in [-0.1, -0.05) is 0 Å². The van der Waals surface area contributed by atoms with Crippen molar-refractivity contribution in [3.05, 3.63) is 83.9 Å². The first-order valence-electron chi connectivity index (χ1n) is 13.6. The molecule has 0 saturated heterocycles. The fourth-order valence-corrected chi connectivity index (χ4v) is 7.73. The Kier molecular flexibility index (Phi) is 8.19. The molecule has 202 valence electrons. The molecule has 0 saturated carbocycles. The molecule has 2 N–H and O–H groups in total. The zero-order valence-electron chi connectivity index (χ0n) is 24.3. The summed E-state index contributed by atoms with van der Waals surface area (Å²) >= 11 is 0. The fourth-order valence-electron chi connectivity index (χ4n) is 4.52. The van der Waals surface area contributed by atoms with Crippen molar-refractivity contribution >= 4 is 17.9 Å². The van der Waals surface area contributed by atoms with E-state index in [1.165, 1.54) is 0 Å². The molecule has 0 atom stereocenters. The molecule has 4 heteroatoms. The molecule has 3 aromatic rings. The maximum absolute atomic E-state index is 12.7. The second kappa shape index (κ2) is 10.3. The topological polar surface area (TPSA) is 49.7 Å². The molecule has 0 fully saturated rings. The Labute approximate surface area is 225 Å². The quantitative estimate of drug-likeness (QED) is 0.264. The summed E-state index contributed by atoms with van der Waals surface area (Å²) in [6.45, 7) is 19.1. The summed E-state index contributed by atoms with van der Waals surface area (Å²) in [7, 11) is -5.09. The maximum atomic E-state index is 12.7. The van der Waals surface area contributed by atoms with Crippen molar-refractivity contribution in [2.75, 3.05) is 0 Å². The van der Waals surface area contributed by atoms with Crippen molar-refractivity contribution in [1.29, 1.82) is 0 Å². The molecule has 37 heavy (non-hydrogen) atoms. The van der Waals surface area contributed by atoms with Crippen LogP contribution in [0.5, 0.6) is 0 Å². The molecule has 0 spiro atoms. The first-order chi connectivity index (χ1) is 17.1. The fraction of sp³-hybridized carbons (Fsp3) is 0.455. The number of rotatable bonds is 10. The van der Waals surface area contributed by atoms with Crippen molar-refractivity contribution in [3.8, 4) is 11.1 Å². The van der Waals surface area contributed by atoms with Crippen LogP contribution in [-0.2, 0) is 15.4 Å². The van der Waals surface area contributed by atoms with Crippen molar-refractivity contribution in [1.82, 2.24) is 0 Å². The van der Waals surface area contributed by atoms with Crippen molar-refractivity contribution in [3.63, 3.8) is 0 Å². The normalized spacial score (nSPS) is 14.3. The summed E-state index contributed by atoms with van der Waals surface area (Å²) in [5, 5.41) is 0.861. The van der Waals surface area contributed by atoms with Gasteiger partial charge < -0.3 is 0 Å². The van der Waals surface area contributed by atoms with Gasteiger partial charge in [-0.05, 0) is 0 Å². The predicted molar refractivity (Wildman–Crippen MR) is 161 cm³/mol. The summed E-state index contributed by atoms with van der Waals surface area (Å²) in [6, 6.07) is 23.8. The van der Waals surface area contributed by atoms with Gasteiger partial charge in [-0.2, -0.15) is 0 Å². The molecule has 0 heterocycles. The average molecular weight is 523 g/mol. The summed E-state index contributed by atoms with van der Waals surface area (Å²) in [4.78, 5) is 25.4. The van der Waals surface area contributed by atoms with E-state index < -0.39 is 12.9 Å². The Morgan fingerprint density at radius 2 is 1.16 bits per heavy atom. The van der Waals surface area contributed by atoms with E-state index in [4.69, 9.17) is 4.52 Å². The van der Waals surface area contributed by atoms with Gasteiger partial charge in [0.1, 0.15) is 0 Å². The minimum absolute atomic E-state index is 0.00792. The molecule has 0 radical (unpaired) electrons. The Hall–Kier alpha value is -2.03. The summed E-state index contributed by atoms with van der Waals surface area (Å²) in [5.41, 5.74) is 3.24. The van der Waals surface area contributed by atoms with Crippen LogP contribution >= 0.6 is 7.28 Å². The van der Waals surface area contributed by atoms with E-state index >= 15 is 0 Å². The molecule has 0 bridgehead atoms. The van der Waals surface area contributed by atoms with E-state index in [0.717, 1.165) is 35.1 Å². The molecule has 0 aliphatic rings. The molecule has 3 aromatic carbocycles. The van der Waals surface area contributed by atoms with E-state index in [-0.39, 0.29) is 10.8 Å². The minimum atomic E-state index is -5.09. The van der Waals surface area contributed by atoms with Crippen LogP contribution in [0.1, 0.15) is 92.7 Å². The van der Waals surface area contributed by atoms with Gasteiger partial charge in [-0.25, -0.2) is 0 Å². The van der Waals surface area contributed by atoms with E-state index in [1.807, 2.05) is 87.5 Å². The van der Waals surface area contributed by atoms with Crippen LogP contribution < -0.4 is 10.6 Å². The first kappa shape index (κ1) is 29.5. The molecule has 0 aliphatic heterocycles. The van der Waals surface area contributed by atoms with Gasteiger partial charge in [0, 0.05) is 0 Å². The number of hydrogen-bond acceptors (Lipinski definition) is 3. The molecular weight excluding hydrogens is 475 g/mol. The van der Waals surface area contributed by atoms with Gasteiger partial charge in [0.2, 0.25) is 0 Å². The zero-order valence-corrected chi connectivity index (χ0v) is 25.2. The number of benzene rings is 3. The Balaban J connectivity index is 2.38. The van der Waals surface area contributed by atoms with E-state index in [9.17, 15) is 9.79 Å². The van der Waals surface area contributed by atoms with Gasteiger partial charge in [-0.3, -0.25) is 0 Å². The second-order valence-electron chi connectivity index (χ2n) is 12.3. The monoisotopic (exact) mass is 522 g/mol. The summed E-state index contributed by atoms with van der Waals surface area (Å²) in [6.07, 6.45) is 2.59. The van der Waals surface area contributed by atoms with Crippen LogP contribution in [0.3, 0.4) is 0 Å². The first-order valence-corrected chi connectivity index (χ1v) is 15.7. The van der Waals surface area contributed by atoms with Gasteiger partial charge in [0.05, 0.1) is 0 Å². The standard InChI is InChI=1S/C33H47O3P/c1-10-31(4,5)26-18-21-28(22-19-26)37(34,35,36-33(8,9)12-3)30-23-20-27(32(6,7)11-2)24-29(30)25-16-14-13-15-17-25/h13-24,34-35H,10-12H2,1-9H3. The van der Waals surface area contributed by atoms with Crippen LogP contribution in [0.25, 0.3) is 11.1 Å².